The van der Waals surface area contributed by atoms with Crippen molar-refractivity contribution < 1.29 is 4.74 Å². The topological polar surface area (TPSA) is 9.23 Å². The Morgan fingerprint density at radius 2 is 1.70 bits per heavy atom. The molecule has 0 spiro atoms. The predicted molar refractivity (Wildman–Crippen MR) is 92.0 cm³/mol. The SMILES string of the molecule is COc1ccc(Br)cc1CC(CCl)c1ccc(Br)cc1. The third-order valence-electron chi connectivity index (χ3n) is 3.24. The van der Waals surface area contributed by atoms with E-state index in [-0.39, 0.29) is 5.92 Å². The van der Waals surface area contributed by atoms with Gasteiger partial charge in [-0.25, -0.2) is 0 Å². The first-order valence-electron chi connectivity index (χ1n) is 6.28. The van der Waals surface area contributed by atoms with Gasteiger partial charge in [-0.3, -0.25) is 0 Å². The zero-order valence-electron chi connectivity index (χ0n) is 11.1. The van der Waals surface area contributed by atoms with Gasteiger partial charge in [-0.1, -0.05) is 44.0 Å². The number of hydrogen-bond donors (Lipinski definition) is 0. The van der Waals surface area contributed by atoms with E-state index in [0.29, 0.717) is 5.88 Å². The van der Waals surface area contributed by atoms with Gasteiger partial charge in [0.25, 0.3) is 0 Å². The Hall–Kier alpha value is -0.510. The van der Waals surface area contributed by atoms with Gasteiger partial charge < -0.3 is 4.74 Å². The van der Waals surface area contributed by atoms with Gasteiger partial charge >= 0.3 is 0 Å². The van der Waals surface area contributed by atoms with Crippen molar-refractivity contribution in [2.24, 2.45) is 0 Å². The van der Waals surface area contributed by atoms with Crippen molar-refractivity contribution >= 4 is 43.5 Å². The van der Waals surface area contributed by atoms with E-state index in [1.54, 1.807) is 7.11 Å². The third kappa shape index (κ3) is 4.00. The molecule has 0 saturated heterocycles. The normalized spacial score (nSPS) is 12.2. The van der Waals surface area contributed by atoms with Gasteiger partial charge in [0.05, 0.1) is 7.11 Å². The summed E-state index contributed by atoms with van der Waals surface area (Å²) < 4.78 is 7.56. The molecule has 0 bridgehead atoms. The molecule has 4 heteroatoms. The van der Waals surface area contributed by atoms with Crippen molar-refractivity contribution in [2.75, 3.05) is 13.0 Å². The molecule has 0 radical (unpaired) electrons. The van der Waals surface area contributed by atoms with E-state index >= 15 is 0 Å². The molecule has 0 saturated carbocycles. The van der Waals surface area contributed by atoms with Gasteiger partial charge in [-0.15, -0.1) is 11.6 Å². The lowest BCUT2D eigenvalue weighted by Gasteiger charge is -2.17. The van der Waals surface area contributed by atoms with Gasteiger partial charge in [0, 0.05) is 20.7 Å². The Bertz CT molecular complexity index is 569. The summed E-state index contributed by atoms with van der Waals surface area (Å²) in [5, 5.41) is 0. The fourth-order valence-corrected chi connectivity index (χ4v) is 3.13. The molecule has 1 nitrogen and oxygen atoms in total. The van der Waals surface area contributed by atoms with Crippen LogP contribution in [-0.4, -0.2) is 13.0 Å². The van der Waals surface area contributed by atoms with E-state index in [1.807, 2.05) is 24.3 Å². The van der Waals surface area contributed by atoms with Crippen LogP contribution < -0.4 is 4.74 Å². The van der Waals surface area contributed by atoms with Crippen LogP contribution in [0.2, 0.25) is 0 Å². The number of alkyl halides is 1. The molecule has 0 amide bonds. The summed E-state index contributed by atoms with van der Waals surface area (Å²) in [7, 11) is 1.70. The molecule has 0 N–H and O–H groups in total. The van der Waals surface area contributed by atoms with Crippen LogP contribution in [0.5, 0.6) is 5.75 Å². The Balaban J connectivity index is 2.26. The summed E-state index contributed by atoms with van der Waals surface area (Å²) in [6.07, 6.45) is 0.855. The number of rotatable bonds is 5. The molecule has 106 valence electrons. The first kappa shape index (κ1) is 15.9. The molecule has 1 unspecified atom stereocenters. The molecule has 0 fully saturated rings. The maximum Gasteiger partial charge on any atom is 0.122 e. The second-order valence-electron chi connectivity index (χ2n) is 4.56. The summed E-state index contributed by atoms with van der Waals surface area (Å²) in [6.45, 7) is 0. The highest BCUT2D eigenvalue weighted by Gasteiger charge is 2.14. The molecular formula is C16H15Br2ClO. The molecule has 0 aliphatic heterocycles. The number of methoxy groups -OCH3 is 1. The monoisotopic (exact) mass is 416 g/mol. The summed E-state index contributed by atoms with van der Waals surface area (Å²) in [6, 6.07) is 14.4. The molecule has 0 aromatic heterocycles. The van der Waals surface area contributed by atoms with Crippen LogP contribution in [-0.2, 0) is 6.42 Å². The highest BCUT2D eigenvalue weighted by molar-refractivity contribution is 9.10. The van der Waals surface area contributed by atoms with E-state index in [9.17, 15) is 0 Å². The molecular weight excluding hydrogens is 403 g/mol. The summed E-state index contributed by atoms with van der Waals surface area (Å²) in [4.78, 5) is 0. The number of ether oxygens (including phenoxy) is 1. The lowest BCUT2D eigenvalue weighted by Crippen LogP contribution is -2.06. The van der Waals surface area contributed by atoms with Crippen molar-refractivity contribution in [2.45, 2.75) is 12.3 Å². The van der Waals surface area contributed by atoms with Crippen molar-refractivity contribution in [1.82, 2.24) is 0 Å². The second kappa shape index (κ2) is 7.48. The molecule has 2 aromatic rings. The van der Waals surface area contributed by atoms with Crippen molar-refractivity contribution in [3.05, 3.63) is 62.5 Å². The number of halogens is 3. The Kier molecular flexibility index (Phi) is 5.94. The lowest BCUT2D eigenvalue weighted by atomic mass is 9.93. The lowest BCUT2D eigenvalue weighted by molar-refractivity contribution is 0.408. The number of benzene rings is 2. The Morgan fingerprint density at radius 3 is 2.30 bits per heavy atom. The average molecular weight is 419 g/mol. The molecule has 20 heavy (non-hydrogen) atoms. The minimum absolute atomic E-state index is 0.271. The first-order chi connectivity index (χ1) is 9.63. The zero-order chi connectivity index (χ0) is 14.5. The fraction of sp³-hybridized carbons (Fsp3) is 0.250. The third-order valence-corrected chi connectivity index (χ3v) is 4.63. The van der Waals surface area contributed by atoms with Crippen LogP contribution in [0.4, 0.5) is 0 Å². The highest BCUT2D eigenvalue weighted by atomic mass is 79.9. The van der Waals surface area contributed by atoms with E-state index in [4.69, 9.17) is 16.3 Å². The van der Waals surface area contributed by atoms with Crippen LogP contribution in [0.1, 0.15) is 17.0 Å². The van der Waals surface area contributed by atoms with Crippen LogP contribution >= 0.6 is 43.5 Å². The minimum Gasteiger partial charge on any atom is -0.496 e. The molecule has 0 aliphatic carbocycles. The molecule has 0 heterocycles. The first-order valence-corrected chi connectivity index (χ1v) is 8.40. The summed E-state index contributed by atoms with van der Waals surface area (Å²) >= 11 is 13.1. The largest absolute Gasteiger partial charge is 0.496 e. The van der Waals surface area contributed by atoms with Crippen molar-refractivity contribution in [3.8, 4) is 5.75 Å². The Morgan fingerprint density at radius 1 is 1.05 bits per heavy atom. The summed E-state index contributed by atoms with van der Waals surface area (Å²) in [5.41, 5.74) is 2.40. The number of hydrogen-bond acceptors (Lipinski definition) is 1. The highest BCUT2D eigenvalue weighted by Crippen LogP contribution is 2.30. The molecule has 1 atom stereocenters. The van der Waals surface area contributed by atoms with Gasteiger partial charge in [0.15, 0.2) is 0 Å². The summed E-state index contributed by atoms with van der Waals surface area (Å²) in [5.74, 6) is 1.76. The van der Waals surface area contributed by atoms with Crippen molar-refractivity contribution in [1.29, 1.82) is 0 Å². The smallest absolute Gasteiger partial charge is 0.122 e. The maximum atomic E-state index is 6.16. The van der Waals surface area contributed by atoms with Gasteiger partial charge in [-0.05, 0) is 47.9 Å². The Labute approximate surface area is 141 Å². The molecule has 2 aromatic carbocycles. The van der Waals surface area contributed by atoms with E-state index in [0.717, 1.165) is 26.7 Å². The zero-order valence-corrected chi connectivity index (χ0v) is 15.0. The van der Waals surface area contributed by atoms with E-state index in [2.05, 4.69) is 50.1 Å². The minimum atomic E-state index is 0.271. The average Bonchev–Trinajstić information content (AvgIpc) is 2.46. The van der Waals surface area contributed by atoms with Crippen molar-refractivity contribution in [3.63, 3.8) is 0 Å². The van der Waals surface area contributed by atoms with Gasteiger partial charge in [0.1, 0.15) is 5.75 Å². The van der Waals surface area contributed by atoms with Crippen LogP contribution in [0.3, 0.4) is 0 Å². The van der Waals surface area contributed by atoms with Crippen LogP contribution in [0, 0.1) is 0 Å². The van der Waals surface area contributed by atoms with E-state index in [1.165, 1.54) is 5.56 Å². The predicted octanol–water partition coefficient (Wildman–Crippen LogP) is 5.79. The maximum absolute atomic E-state index is 6.16. The van der Waals surface area contributed by atoms with E-state index < -0.39 is 0 Å². The van der Waals surface area contributed by atoms with Crippen LogP contribution in [0.25, 0.3) is 0 Å². The molecule has 2 rings (SSSR count). The second-order valence-corrected chi connectivity index (χ2v) is 6.70. The standard InChI is InChI=1S/C16H15Br2ClO/c1-20-16-7-6-15(18)9-12(16)8-13(10-19)11-2-4-14(17)5-3-11/h2-7,9,13H,8,10H2,1H3. The quantitative estimate of drug-likeness (QED) is 0.559. The van der Waals surface area contributed by atoms with Gasteiger partial charge in [-0.2, -0.15) is 0 Å². The fourth-order valence-electron chi connectivity index (χ4n) is 2.17. The van der Waals surface area contributed by atoms with Crippen LogP contribution in [0.15, 0.2) is 51.4 Å². The van der Waals surface area contributed by atoms with Gasteiger partial charge in [0.2, 0.25) is 0 Å². The molecule has 0 aliphatic rings.